The lowest BCUT2D eigenvalue weighted by Gasteiger charge is -2.25. The Balaban J connectivity index is 1.76. The number of benzene rings is 1. The van der Waals surface area contributed by atoms with Crippen LogP contribution in [0.25, 0.3) is 6.08 Å². The topological polar surface area (TPSA) is 87.3 Å². The minimum atomic E-state index is -0.304. The van der Waals surface area contributed by atoms with Crippen LogP contribution in [0.15, 0.2) is 29.8 Å². The lowest BCUT2D eigenvalue weighted by atomic mass is 9.94. The smallest absolute Gasteiger partial charge is 0.257 e. The van der Waals surface area contributed by atoms with Crippen molar-refractivity contribution in [3.05, 3.63) is 35.4 Å². The van der Waals surface area contributed by atoms with Gasteiger partial charge in [-0.15, -0.1) is 0 Å². The van der Waals surface area contributed by atoms with Crippen LogP contribution in [0.4, 0.5) is 5.69 Å². The molecule has 2 saturated carbocycles. The summed E-state index contributed by atoms with van der Waals surface area (Å²) in [4.78, 5) is 37.2. The second-order valence-electron chi connectivity index (χ2n) is 8.48. The van der Waals surface area contributed by atoms with Crippen molar-refractivity contribution in [3.63, 3.8) is 0 Å². The molecule has 1 aromatic rings. The molecule has 0 spiro atoms. The monoisotopic (exact) mass is 411 g/mol. The SMILES string of the molecule is CC(=O)Nc1ccc(C=C(C(=O)NC2CCCCC2)C(=O)NC2CCCCC2)cc1. The largest absolute Gasteiger partial charge is 0.349 e. The first-order valence-corrected chi connectivity index (χ1v) is 11.2. The highest BCUT2D eigenvalue weighted by Gasteiger charge is 2.25. The van der Waals surface area contributed by atoms with E-state index < -0.39 is 0 Å². The fraction of sp³-hybridized carbons (Fsp3) is 0.542. The fourth-order valence-electron chi connectivity index (χ4n) is 4.29. The number of anilines is 1. The molecule has 6 nitrogen and oxygen atoms in total. The molecule has 2 aliphatic carbocycles. The Kier molecular flexibility index (Phi) is 8.05. The second kappa shape index (κ2) is 11.0. The zero-order valence-corrected chi connectivity index (χ0v) is 17.8. The molecule has 162 valence electrons. The van der Waals surface area contributed by atoms with Crippen LogP contribution >= 0.6 is 0 Å². The molecule has 3 rings (SSSR count). The van der Waals surface area contributed by atoms with Gasteiger partial charge in [0.2, 0.25) is 5.91 Å². The number of carbonyl (C=O) groups excluding carboxylic acids is 3. The summed E-state index contributed by atoms with van der Waals surface area (Å²) in [5.74, 6) is -0.750. The van der Waals surface area contributed by atoms with Crippen LogP contribution < -0.4 is 16.0 Å². The molecule has 0 saturated heterocycles. The quantitative estimate of drug-likeness (QED) is 0.377. The number of hydrogen-bond acceptors (Lipinski definition) is 3. The molecule has 0 aromatic heterocycles. The predicted molar refractivity (Wildman–Crippen MR) is 119 cm³/mol. The summed E-state index contributed by atoms with van der Waals surface area (Å²) in [7, 11) is 0. The van der Waals surface area contributed by atoms with Crippen LogP contribution in [0, 0.1) is 0 Å². The highest BCUT2D eigenvalue weighted by molar-refractivity contribution is 6.21. The molecule has 3 amide bonds. The van der Waals surface area contributed by atoms with Gasteiger partial charge in [0.05, 0.1) is 0 Å². The summed E-state index contributed by atoms with van der Waals surface area (Å²) in [6.07, 6.45) is 12.4. The van der Waals surface area contributed by atoms with E-state index >= 15 is 0 Å². The third kappa shape index (κ3) is 6.71. The molecule has 6 heteroatoms. The average Bonchev–Trinajstić information content (AvgIpc) is 2.74. The molecule has 0 radical (unpaired) electrons. The molecular formula is C24H33N3O3. The van der Waals surface area contributed by atoms with Gasteiger partial charge in [-0.1, -0.05) is 50.7 Å². The minimum absolute atomic E-state index is 0.138. The number of rotatable bonds is 6. The van der Waals surface area contributed by atoms with E-state index in [0.717, 1.165) is 56.9 Å². The van der Waals surface area contributed by atoms with Crippen molar-refractivity contribution in [2.24, 2.45) is 0 Å². The van der Waals surface area contributed by atoms with Crippen molar-refractivity contribution in [1.82, 2.24) is 10.6 Å². The maximum atomic E-state index is 13.0. The van der Waals surface area contributed by atoms with Gasteiger partial charge < -0.3 is 16.0 Å². The third-order valence-corrected chi connectivity index (χ3v) is 5.91. The predicted octanol–water partition coefficient (Wildman–Crippen LogP) is 3.93. The van der Waals surface area contributed by atoms with Gasteiger partial charge in [-0.05, 0) is 49.5 Å². The zero-order valence-electron chi connectivity index (χ0n) is 17.8. The van der Waals surface area contributed by atoms with Crippen molar-refractivity contribution in [1.29, 1.82) is 0 Å². The summed E-state index contributed by atoms with van der Waals surface area (Å²) in [6, 6.07) is 7.41. The van der Waals surface area contributed by atoms with Gasteiger partial charge in [-0.3, -0.25) is 14.4 Å². The number of nitrogens with one attached hydrogen (secondary N) is 3. The molecule has 0 bridgehead atoms. The maximum absolute atomic E-state index is 13.0. The molecule has 0 atom stereocenters. The van der Waals surface area contributed by atoms with E-state index in [2.05, 4.69) is 16.0 Å². The van der Waals surface area contributed by atoms with Crippen LogP contribution in [-0.2, 0) is 14.4 Å². The Morgan fingerprint density at radius 1 is 0.767 bits per heavy atom. The minimum Gasteiger partial charge on any atom is -0.349 e. The standard InChI is InChI=1S/C24H33N3O3/c1-17(28)25-21-14-12-18(13-15-21)16-22(23(29)26-19-8-4-2-5-9-19)24(30)27-20-10-6-3-7-11-20/h12-16,19-20H,2-11H2,1H3,(H,25,28)(H,26,29)(H,27,30). The van der Waals surface area contributed by atoms with Crippen molar-refractivity contribution >= 4 is 29.5 Å². The fourth-order valence-corrected chi connectivity index (χ4v) is 4.29. The lowest BCUT2D eigenvalue weighted by molar-refractivity contribution is -0.124. The van der Waals surface area contributed by atoms with Crippen LogP contribution in [0.5, 0.6) is 0 Å². The lowest BCUT2D eigenvalue weighted by Crippen LogP contribution is -2.43. The van der Waals surface area contributed by atoms with Crippen molar-refractivity contribution in [2.45, 2.75) is 83.2 Å². The average molecular weight is 412 g/mol. The van der Waals surface area contributed by atoms with Crippen LogP contribution in [0.3, 0.4) is 0 Å². The van der Waals surface area contributed by atoms with E-state index in [4.69, 9.17) is 0 Å². The van der Waals surface area contributed by atoms with E-state index in [9.17, 15) is 14.4 Å². The van der Waals surface area contributed by atoms with Crippen molar-refractivity contribution in [2.75, 3.05) is 5.32 Å². The molecule has 0 heterocycles. The highest BCUT2D eigenvalue weighted by atomic mass is 16.2. The Bertz CT molecular complexity index is 739. The number of carbonyl (C=O) groups is 3. The first-order chi connectivity index (χ1) is 14.5. The van der Waals surface area contributed by atoms with Crippen LogP contribution in [0.1, 0.15) is 76.7 Å². The molecular weight excluding hydrogens is 378 g/mol. The number of hydrogen-bond donors (Lipinski definition) is 3. The summed E-state index contributed by atoms with van der Waals surface area (Å²) < 4.78 is 0. The summed E-state index contributed by atoms with van der Waals surface area (Å²) >= 11 is 0. The first kappa shape index (κ1) is 22.1. The Morgan fingerprint density at radius 3 is 1.67 bits per heavy atom. The molecule has 3 N–H and O–H groups in total. The van der Waals surface area contributed by atoms with Crippen LogP contribution in [0.2, 0.25) is 0 Å². The van der Waals surface area contributed by atoms with Crippen molar-refractivity contribution < 1.29 is 14.4 Å². The molecule has 1 aromatic carbocycles. The van der Waals surface area contributed by atoms with Gasteiger partial charge in [0.15, 0.2) is 0 Å². The van der Waals surface area contributed by atoms with Gasteiger partial charge in [0.1, 0.15) is 5.57 Å². The zero-order chi connectivity index (χ0) is 21.3. The maximum Gasteiger partial charge on any atom is 0.257 e. The Hall–Kier alpha value is -2.63. The summed E-state index contributed by atoms with van der Waals surface area (Å²) in [5, 5.41) is 8.86. The molecule has 0 unspecified atom stereocenters. The summed E-state index contributed by atoms with van der Waals surface area (Å²) in [6.45, 7) is 1.46. The second-order valence-corrected chi connectivity index (χ2v) is 8.48. The van der Waals surface area contributed by atoms with Gasteiger partial charge in [0.25, 0.3) is 11.8 Å². The third-order valence-electron chi connectivity index (χ3n) is 5.91. The van der Waals surface area contributed by atoms with Gasteiger partial charge in [-0.2, -0.15) is 0 Å². The molecule has 30 heavy (non-hydrogen) atoms. The van der Waals surface area contributed by atoms with E-state index in [-0.39, 0.29) is 35.4 Å². The van der Waals surface area contributed by atoms with E-state index in [0.29, 0.717) is 5.69 Å². The van der Waals surface area contributed by atoms with E-state index in [1.807, 2.05) is 0 Å². The van der Waals surface area contributed by atoms with Crippen molar-refractivity contribution in [3.8, 4) is 0 Å². The Morgan fingerprint density at radius 2 is 1.23 bits per heavy atom. The first-order valence-electron chi connectivity index (χ1n) is 11.2. The normalized spacial score (nSPS) is 17.6. The molecule has 2 fully saturated rings. The highest BCUT2D eigenvalue weighted by Crippen LogP contribution is 2.20. The Labute approximate surface area is 178 Å². The van der Waals surface area contributed by atoms with Crippen LogP contribution in [-0.4, -0.2) is 29.8 Å². The van der Waals surface area contributed by atoms with Gasteiger partial charge >= 0.3 is 0 Å². The van der Waals surface area contributed by atoms with Gasteiger partial charge in [-0.25, -0.2) is 0 Å². The van der Waals surface area contributed by atoms with E-state index in [1.165, 1.54) is 19.8 Å². The molecule has 2 aliphatic rings. The molecule has 0 aliphatic heterocycles. The summed E-state index contributed by atoms with van der Waals surface area (Å²) in [5.41, 5.74) is 1.58. The van der Waals surface area contributed by atoms with E-state index in [1.54, 1.807) is 30.3 Å². The van der Waals surface area contributed by atoms with Gasteiger partial charge in [0, 0.05) is 24.7 Å². The number of amides is 3.